The predicted octanol–water partition coefficient (Wildman–Crippen LogP) is 4.30. The molecule has 0 aromatic carbocycles. The van der Waals surface area contributed by atoms with Gasteiger partial charge in [-0.2, -0.15) is 0 Å². The van der Waals surface area contributed by atoms with Gasteiger partial charge in [0.2, 0.25) is 0 Å². The first-order chi connectivity index (χ1) is 7.91. The van der Waals surface area contributed by atoms with Crippen molar-refractivity contribution in [1.29, 1.82) is 0 Å². The maximum Gasteiger partial charge on any atom is 0.0518 e. The van der Waals surface area contributed by atoms with Crippen LogP contribution in [0.25, 0.3) is 0 Å². The number of hydrogen-bond acceptors (Lipinski definition) is 2. The summed E-state index contributed by atoms with van der Waals surface area (Å²) in [5, 5.41) is 0. The normalized spacial score (nSPS) is 11.1. The van der Waals surface area contributed by atoms with Crippen molar-refractivity contribution in [3.8, 4) is 0 Å². The van der Waals surface area contributed by atoms with E-state index < -0.39 is 0 Å². The van der Waals surface area contributed by atoms with Gasteiger partial charge in [-0.05, 0) is 31.9 Å². The molecule has 0 rings (SSSR count). The number of aliphatic imine (C=N–C) groups is 1. The minimum Gasteiger partial charge on any atom is -0.296 e. The molecule has 0 fully saturated rings. The summed E-state index contributed by atoms with van der Waals surface area (Å²) in [5.41, 5.74) is 0. The van der Waals surface area contributed by atoms with E-state index in [1.54, 1.807) is 0 Å². The van der Waals surface area contributed by atoms with Crippen LogP contribution in [0.3, 0.4) is 0 Å². The molecular weight excluding hydrogens is 311 g/mol. The molecule has 0 saturated heterocycles. The lowest BCUT2D eigenvalue weighted by Gasteiger charge is -1.98. The van der Waals surface area contributed by atoms with Crippen LogP contribution in [0.15, 0.2) is 17.6 Å². The zero-order valence-corrected chi connectivity index (χ0v) is 12.4. The number of nitrogens with zero attached hydrogens (tertiary/aromatic N) is 1. The molecule has 0 heterocycles. The van der Waals surface area contributed by atoms with Crippen LogP contribution in [0.4, 0.5) is 0 Å². The van der Waals surface area contributed by atoms with Crippen LogP contribution in [-0.2, 0) is 0 Å². The van der Waals surface area contributed by atoms with Crippen molar-refractivity contribution < 1.29 is 0 Å². The molecule has 0 aliphatic heterocycles. The lowest BCUT2D eigenvalue weighted by atomic mass is 10.1. The number of rotatable bonds is 12. The molecule has 0 radical (unpaired) electrons. The van der Waals surface area contributed by atoms with Crippen molar-refractivity contribution >= 4 is 29.1 Å². The van der Waals surface area contributed by atoms with E-state index in [1.807, 2.05) is 6.08 Å². The summed E-state index contributed by atoms with van der Waals surface area (Å²) in [7, 11) is 0. The Balaban J connectivity index is 2.98. The van der Waals surface area contributed by atoms with E-state index in [0.717, 1.165) is 19.5 Å². The first-order valence-corrected chi connectivity index (χ1v) is 7.42. The lowest BCUT2D eigenvalue weighted by Crippen LogP contribution is -2.03. The molecule has 0 amide bonds. The molecule has 0 spiro atoms. The summed E-state index contributed by atoms with van der Waals surface area (Å²) >= 11 is 2.15. The molecule has 16 heavy (non-hydrogen) atoms. The Morgan fingerprint density at radius 3 is 2.25 bits per heavy atom. The van der Waals surface area contributed by atoms with Crippen molar-refractivity contribution in [3.63, 3.8) is 0 Å². The maximum atomic E-state index is 4.32. The second-order valence-electron chi connectivity index (χ2n) is 3.96. The molecule has 0 aromatic heterocycles. The number of allylic oxidation sites excluding steroid dienone is 1. The number of unbranched alkanes of at least 4 members (excludes halogenated alkanes) is 7. The van der Waals surface area contributed by atoms with Gasteiger partial charge in [0.25, 0.3) is 0 Å². The first-order valence-electron chi connectivity index (χ1n) is 6.34. The lowest BCUT2D eigenvalue weighted by molar-refractivity contribution is 0.604. The first kappa shape index (κ1) is 16.1. The minimum atomic E-state index is 0.907. The highest BCUT2D eigenvalue weighted by molar-refractivity contribution is 14.1. The zero-order chi connectivity index (χ0) is 11.9. The van der Waals surface area contributed by atoms with Crippen molar-refractivity contribution in [3.05, 3.63) is 12.7 Å². The van der Waals surface area contributed by atoms with Gasteiger partial charge in [-0.15, -0.1) is 6.58 Å². The molecule has 0 bridgehead atoms. The Morgan fingerprint density at radius 1 is 1.00 bits per heavy atom. The van der Waals surface area contributed by atoms with Crippen LogP contribution < -0.4 is 3.53 Å². The molecule has 1 N–H and O–H groups in total. The van der Waals surface area contributed by atoms with Gasteiger partial charge in [0.1, 0.15) is 0 Å². The van der Waals surface area contributed by atoms with E-state index in [1.165, 1.54) is 44.9 Å². The fraction of sp³-hybridized carbons (Fsp3) is 0.769. The maximum absolute atomic E-state index is 4.32. The zero-order valence-electron chi connectivity index (χ0n) is 10.3. The van der Waals surface area contributed by atoms with Crippen molar-refractivity contribution in [2.24, 2.45) is 4.99 Å². The Bertz CT molecular complexity index is 169. The third-order valence-corrected chi connectivity index (χ3v) is 3.00. The third-order valence-electron chi connectivity index (χ3n) is 2.46. The number of nitrogens with one attached hydrogen (secondary N) is 1. The average molecular weight is 336 g/mol. The summed E-state index contributed by atoms with van der Waals surface area (Å²) in [5.74, 6) is 0. The molecule has 0 saturated carbocycles. The molecule has 0 aromatic rings. The summed E-state index contributed by atoms with van der Waals surface area (Å²) in [6.45, 7) is 5.61. The number of halogens is 1. The molecule has 94 valence electrons. The summed E-state index contributed by atoms with van der Waals surface area (Å²) < 4.78 is 3.05. The molecule has 0 unspecified atom stereocenters. The molecule has 3 heteroatoms. The highest BCUT2D eigenvalue weighted by atomic mass is 127. The van der Waals surface area contributed by atoms with Crippen molar-refractivity contribution in [1.82, 2.24) is 3.53 Å². The van der Waals surface area contributed by atoms with Gasteiger partial charge in [-0.25, -0.2) is 0 Å². The second-order valence-corrected chi connectivity index (χ2v) is 4.72. The minimum absolute atomic E-state index is 0.907. The van der Waals surface area contributed by atoms with E-state index >= 15 is 0 Å². The van der Waals surface area contributed by atoms with Gasteiger partial charge in [0, 0.05) is 29.4 Å². The standard InChI is InChI=1S/C13H25IN2/c1-2-3-4-5-6-7-8-9-10-11-15-12-13-16-14/h2,11,16H,1,3-10,12-13H2/b15-11+. The average Bonchev–Trinajstić information content (AvgIpc) is 2.31. The van der Waals surface area contributed by atoms with Crippen molar-refractivity contribution in [2.75, 3.05) is 13.1 Å². The van der Waals surface area contributed by atoms with E-state index in [9.17, 15) is 0 Å². The molecular formula is C13H25IN2. The fourth-order valence-corrected chi connectivity index (χ4v) is 1.76. The van der Waals surface area contributed by atoms with Crippen LogP contribution in [0.5, 0.6) is 0 Å². The predicted molar refractivity (Wildman–Crippen MR) is 82.5 cm³/mol. The van der Waals surface area contributed by atoms with Gasteiger partial charge in [0.15, 0.2) is 0 Å². The van der Waals surface area contributed by atoms with E-state index in [0.29, 0.717) is 0 Å². The van der Waals surface area contributed by atoms with Crippen LogP contribution in [-0.4, -0.2) is 19.3 Å². The van der Waals surface area contributed by atoms with E-state index in [2.05, 4.69) is 44.2 Å². The second kappa shape index (κ2) is 15.1. The summed E-state index contributed by atoms with van der Waals surface area (Å²) in [4.78, 5) is 4.32. The smallest absolute Gasteiger partial charge is 0.0518 e. The van der Waals surface area contributed by atoms with Crippen LogP contribution in [0.2, 0.25) is 0 Å². The Hall–Kier alpha value is 0.1000. The van der Waals surface area contributed by atoms with Gasteiger partial charge < -0.3 is 0 Å². The van der Waals surface area contributed by atoms with Gasteiger partial charge in [0.05, 0.1) is 6.54 Å². The Morgan fingerprint density at radius 2 is 1.62 bits per heavy atom. The largest absolute Gasteiger partial charge is 0.296 e. The molecule has 0 aliphatic carbocycles. The van der Waals surface area contributed by atoms with Gasteiger partial charge in [-0.3, -0.25) is 8.52 Å². The summed E-state index contributed by atoms with van der Waals surface area (Å²) in [6.07, 6.45) is 14.5. The SMILES string of the molecule is C=CCCCCCCCC/C=N/CCNI. The monoisotopic (exact) mass is 336 g/mol. The van der Waals surface area contributed by atoms with Crippen LogP contribution in [0.1, 0.15) is 51.4 Å². The topological polar surface area (TPSA) is 24.4 Å². The van der Waals surface area contributed by atoms with E-state index in [4.69, 9.17) is 0 Å². The quantitative estimate of drug-likeness (QED) is 0.186. The highest BCUT2D eigenvalue weighted by Gasteiger charge is 1.89. The number of hydrogen-bond donors (Lipinski definition) is 1. The highest BCUT2D eigenvalue weighted by Crippen LogP contribution is 2.07. The van der Waals surface area contributed by atoms with Gasteiger partial charge in [-0.1, -0.05) is 31.8 Å². The fourth-order valence-electron chi connectivity index (χ4n) is 1.52. The molecule has 2 nitrogen and oxygen atoms in total. The van der Waals surface area contributed by atoms with Crippen LogP contribution in [0, 0.1) is 0 Å². The van der Waals surface area contributed by atoms with Crippen molar-refractivity contribution in [2.45, 2.75) is 51.4 Å². The molecule has 0 aliphatic rings. The third kappa shape index (κ3) is 14.1. The Labute approximate surface area is 114 Å². The van der Waals surface area contributed by atoms with Crippen LogP contribution >= 0.6 is 22.9 Å². The van der Waals surface area contributed by atoms with Gasteiger partial charge >= 0.3 is 0 Å². The summed E-state index contributed by atoms with van der Waals surface area (Å²) in [6, 6.07) is 0. The van der Waals surface area contributed by atoms with E-state index in [-0.39, 0.29) is 0 Å². The Kier molecular flexibility index (Phi) is 15.2. The molecule has 0 atom stereocenters.